The van der Waals surface area contributed by atoms with E-state index in [9.17, 15) is 19.2 Å². The Morgan fingerprint density at radius 3 is 2.36 bits per heavy atom. The highest BCUT2D eigenvalue weighted by molar-refractivity contribution is 6.22. The summed E-state index contributed by atoms with van der Waals surface area (Å²) in [6.45, 7) is 4.00. The monoisotopic (exact) mass is 379 g/mol. The lowest BCUT2D eigenvalue weighted by molar-refractivity contribution is -0.122. The van der Waals surface area contributed by atoms with Crippen molar-refractivity contribution in [2.75, 3.05) is 6.54 Å². The molecule has 0 aromatic heterocycles. The second kappa shape index (κ2) is 8.04. The van der Waals surface area contributed by atoms with Gasteiger partial charge in [-0.3, -0.25) is 24.1 Å². The minimum atomic E-state index is -0.715. The van der Waals surface area contributed by atoms with E-state index in [4.69, 9.17) is 0 Å². The SMILES string of the molecule is CCNC(=O)[C@H](C)NC(=O)c1ccc2c(c1)C(=O)N(Cc1ccccc1)C2=O. The molecule has 0 unspecified atom stereocenters. The van der Waals surface area contributed by atoms with E-state index in [0.717, 1.165) is 5.56 Å². The van der Waals surface area contributed by atoms with Crippen molar-refractivity contribution in [3.8, 4) is 0 Å². The fourth-order valence-electron chi connectivity index (χ4n) is 3.01. The van der Waals surface area contributed by atoms with E-state index in [0.29, 0.717) is 6.54 Å². The first kappa shape index (κ1) is 19.3. The highest BCUT2D eigenvalue weighted by atomic mass is 16.2. The summed E-state index contributed by atoms with van der Waals surface area (Å²) in [5.41, 5.74) is 1.52. The quantitative estimate of drug-likeness (QED) is 0.748. The van der Waals surface area contributed by atoms with Crippen molar-refractivity contribution >= 4 is 23.6 Å². The second-order valence-corrected chi connectivity index (χ2v) is 6.53. The van der Waals surface area contributed by atoms with Gasteiger partial charge < -0.3 is 10.6 Å². The maximum Gasteiger partial charge on any atom is 0.261 e. The molecule has 0 radical (unpaired) electrons. The fourth-order valence-corrected chi connectivity index (χ4v) is 3.01. The first-order valence-corrected chi connectivity index (χ1v) is 9.05. The molecule has 1 heterocycles. The number of amides is 4. The fraction of sp³-hybridized carbons (Fsp3) is 0.238. The number of nitrogens with one attached hydrogen (secondary N) is 2. The molecular weight excluding hydrogens is 358 g/mol. The van der Waals surface area contributed by atoms with Crippen molar-refractivity contribution in [3.63, 3.8) is 0 Å². The number of nitrogens with zero attached hydrogens (tertiary/aromatic N) is 1. The molecule has 2 N–H and O–H groups in total. The van der Waals surface area contributed by atoms with Crippen LogP contribution in [0.3, 0.4) is 0 Å². The van der Waals surface area contributed by atoms with E-state index < -0.39 is 17.9 Å². The van der Waals surface area contributed by atoms with Gasteiger partial charge in [-0.15, -0.1) is 0 Å². The number of carbonyl (C=O) groups is 4. The minimum absolute atomic E-state index is 0.170. The van der Waals surface area contributed by atoms with Crippen LogP contribution < -0.4 is 10.6 Å². The summed E-state index contributed by atoms with van der Waals surface area (Å²) >= 11 is 0. The van der Waals surface area contributed by atoms with Crippen molar-refractivity contribution in [2.24, 2.45) is 0 Å². The maximum atomic E-state index is 12.7. The molecule has 1 aliphatic rings. The number of likely N-dealkylation sites (N-methyl/N-ethyl adjacent to an activating group) is 1. The van der Waals surface area contributed by atoms with E-state index in [2.05, 4.69) is 10.6 Å². The van der Waals surface area contributed by atoms with Crippen LogP contribution in [-0.2, 0) is 11.3 Å². The number of imide groups is 1. The Labute approximate surface area is 162 Å². The van der Waals surface area contributed by atoms with Gasteiger partial charge in [0.2, 0.25) is 5.91 Å². The average Bonchev–Trinajstić information content (AvgIpc) is 2.93. The van der Waals surface area contributed by atoms with Crippen molar-refractivity contribution < 1.29 is 19.2 Å². The Hall–Kier alpha value is -3.48. The van der Waals surface area contributed by atoms with E-state index in [-0.39, 0.29) is 35.0 Å². The van der Waals surface area contributed by atoms with Crippen LogP contribution in [0.4, 0.5) is 0 Å². The molecule has 0 saturated carbocycles. The number of carbonyl (C=O) groups excluding carboxylic acids is 4. The van der Waals surface area contributed by atoms with Crippen LogP contribution >= 0.6 is 0 Å². The summed E-state index contributed by atoms with van der Waals surface area (Å²) < 4.78 is 0. The van der Waals surface area contributed by atoms with E-state index in [1.807, 2.05) is 30.3 Å². The molecule has 28 heavy (non-hydrogen) atoms. The van der Waals surface area contributed by atoms with Gasteiger partial charge >= 0.3 is 0 Å². The molecule has 7 heteroatoms. The van der Waals surface area contributed by atoms with Crippen LogP contribution in [0.25, 0.3) is 0 Å². The van der Waals surface area contributed by atoms with Gasteiger partial charge in [0.15, 0.2) is 0 Å². The zero-order valence-electron chi connectivity index (χ0n) is 15.7. The standard InChI is InChI=1S/C21H21N3O4/c1-3-22-18(25)13(2)23-19(26)15-9-10-16-17(11-15)21(28)24(20(16)27)12-14-7-5-4-6-8-14/h4-11,13H,3,12H2,1-2H3,(H,22,25)(H,23,26)/t13-/m0/s1. The highest BCUT2D eigenvalue weighted by Crippen LogP contribution is 2.25. The second-order valence-electron chi connectivity index (χ2n) is 6.53. The molecule has 0 saturated heterocycles. The van der Waals surface area contributed by atoms with Crippen LogP contribution in [0.2, 0.25) is 0 Å². The molecule has 0 fully saturated rings. The lowest BCUT2D eigenvalue weighted by atomic mass is 10.1. The van der Waals surface area contributed by atoms with Gasteiger partial charge in [0, 0.05) is 12.1 Å². The van der Waals surface area contributed by atoms with Gasteiger partial charge in [-0.2, -0.15) is 0 Å². The van der Waals surface area contributed by atoms with Crippen molar-refractivity contribution in [2.45, 2.75) is 26.4 Å². The van der Waals surface area contributed by atoms with Gasteiger partial charge in [0.1, 0.15) is 6.04 Å². The van der Waals surface area contributed by atoms with Crippen molar-refractivity contribution in [1.82, 2.24) is 15.5 Å². The van der Waals surface area contributed by atoms with E-state index in [1.165, 1.54) is 23.1 Å². The zero-order valence-corrected chi connectivity index (χ0v) is 15.7. The van der Waals surface area contributed by atoms with Gasteiger partial charge in [-0.05, 0) is 37.6 Å². The van der Waals surface area contributed by atoms with Gasteiger partial charge in [0.25, 0.3) is 17.7 Å². The number of hydrogen-bond acceptors (Lipinski definition) is 4. The van der Waals surface area contributed by atoms with E-state index in [1.54, 1.807) is 13.8 Å². The van der Waals surface area contributed by atoms with Gasteiger partial charge in [-0.25, -0.2) is 0 Å². The van der Waals surface area contributed by atoms with Crippen LogP contribution in [-0.4, -0.2) is 41.1 Å². The molecule has 3 rings (SSSR count). The number of hydrogen-bond donors (Lipinski definition) is 2. The molecule has 2 aromatic rings. The molecule has 7 nitrogen and oxygen atoms in total. The summed E-state index contributed by atoms with van der Waals surface area (Å²) in [5, 5.41) is 5.21. The Morgan fingerprint density at radius 1 is 1.00 bits per heavy atom. The Morgan fingerprint density at radius 2 is 1.68 bits per heavy atom. The lowest BCUT2D eigenvalue weighted by Crippen LogP contribution is -2.44. The smallest absolute Gasteiger partial charge is 0.261 e. The molecule has 144 valence electrons. The van der Waals surface area contributed by atoms with Crippen LogP contribution in [0, 0.1) is 0 Å². The normalized spacial score (nSPS) is 13.9. The lowest BCUT2D eigenvalue weighted by Gasteiger charge is -2.13. The predicted octanol–water partition coefficient (Wildman–Crippen LogP) is 1.74. The zero-order chi connectivity index (χ0) is 20.3. The van der Waals surface area contributed by atoms with Crippen molar-refractivity contribution in [1.29, 1.82) is 0 Å². The summed E-state index contributed by atoms with van der Waals surface area (Å²) in [5.74, 6) is -1.60. The molecule has 0 spiro atoms. The summed E-state index contributed by atoms with van der Waals surface area (Å²) in [6, 6.07) is 12.9. The third kappa shape index (κ3) is 3.78. The first-order chi connectivity index (χ1) is 13.4. The number of rotatable bonds is 6. The maximum absolute atomic E-state index is 12.7. The van der Waals surface area contributed by atoms with Gasteiger partial charge in [0.05, 0.1) is 17.7 Å². The van der Waals surface area contributed by atoms with Crippen LogP contribution in [0.15, 0.2) is 48.5 Å². The minimum Gasteiger partial charge on any atom is -0.355 e. The number of benzene rings is 2. The molecular formula is C21H21N3O4. The van der Waals surface area contributed by atoms with E-state index >= 15 is 0 Å². The topological polar surface area (TPSA) is 95.6 Å². The molecule has 2 aromatic carbocycles. The van der Waals surface area contributed by atoms with Gasteiger partial charge in [-0.1, -0.05) is 30.3 Å². The largest absolute Gasteiger partial charge is 0.355 e. The highest BCUT2D eigenvalue weighted by Gasteiger charge is 2.36. The molecule has 1 atom stereocenters. The van der Waals surface area contributed by atoms with Crippen LogP contribution in [0.5, 0.6) is 0 Å². The first-order valence-electron chi connectivity index (χ1n) is 9.05. The summed E-state index contributed by atoms with van der Waals surface area (Å²) in [6.07, 6.45) is 0. The Kier molecular flexibility index (Phi) is 5.54. The third-order valence-electron chi connectivity index (χ3n) is 4.51. The summed E-state index contributed by atoms with van der Waals surface area (Å²) in [7, 11) is 0. The Bertz CT molecular complexity index is 940. The Balaban J connectivity index is 1.77. The molecule has 0 aliphatic carbocycles. The molecule has 4 amide bonds. The predicted molar refractivity (Wildman–Crippen MR) is 103 cm³/mol. The number of fused-ring (bicyclic) bond motifs is 1. The average molecular weight is 379 g/mol. The molecule has 0 bridgehead atoms. The molecule has 1 aliphatic heterocycles. The summed E-state index contributed by atoms with van der Waals surface area (Å²) in [4.78, 5) is 50.7. The third-order valence-corrected chi connectivity index (χ3v) is 4.51. The van der Waals surface area contributed by atoms with Crippen molar-refractivity contribution in [3.05, 3.63) is 70.8 Å². The van der Waals surface area contributed by atoms with Crippen LogP contribution in [0.1, 0.15) is 50.5 Å².